The highest BCUT2D eigenvalue weighted by atomic mass is 35.5. The summed E-state index contributed by atoms with van der Waals surface area (Å²) < 4.78 is 0. The lowest BCUT2D eigenvalue weighted by Gasteiger charge is -2.20. The number of nitrogens with one attached hydrogen (secondary N) is 2. The van der Waals surface area contributed by atoms with Gasteiger partial charge in [0, 0.05) is 18.1 Å². The summed E-state index contributed by atoms with van der Waals surface area (Å²) in [5.74, 6) is 0. The van der Waals surface area contributed by atoms with Crippen LogP contribution in [0.15, 0.2) is 54.6 Å². The maximum Gasteiger partial charge on any atom is 0.0577 e. The van der Waals surface area contributed by atoms with E-state index in [9.17, 15) is 0 Å². The predicted molar refractivity (Wildman–Crippen MR) is 90.9 cm³/mol. The van der Waals surface area contributed by atoms with Gasteiger partial charge in [0.05, 0.1) is 6.04 Å². The summed E-state index contributed by atoms with van der Waals surface area (Å²) in [5.41, 5.74) is 2.51. The first-order valence-corrected chi connectivity index (χ1v) is 7.93. The molecule has 2 aromatic rings. The molecule has 3 heteroatoms. The molecule has 1 atom stereocenters. The molecule has 2 rings (SSSR count). The average molecular weight is 303 g/mol. The number of hydrogen-bond acceptors (Lipinski definition) is 2. The van der Waals surface area contributed by atoms with Gasteiger partial charge in [0.1, 0.15) is 0 Å². The van der Waals surface area contributed by atoms with Crippen molar-refractivity contribution in [2.24, 2.45) is 0 Å². The molecule has 0 amide bonds. The molecule has 0 aliphatic heterocycles. The van der Waals surface area contributed by atoms with Gasteiger partial charge in [-0.15, -0.1) is 0 Å². The zero-order valence-electron chi connectivity index (χ0n) is 12.5. The molecule has 112 valence electrons. The molecular weight excluding hydrogens is 280 g/mol. The molecule has 2 N–H and O–H groups in total. The zero-order chi connectivity index (χ0) is 14.9. The standard InChI is InChI=1S/C18H23ClN2/c1-2-12-20-13-14-21-18(15-6-4-3-5-7-15)16-8-10-17(19)11-9-16/h3-11,18,20-21H,2,12-14H2,1H3/t18-/m1/s1. The van der Waals surface area contributed by atoms with Crippen molar-refractivity contribution < 1.29 is 0 Å². The van der Waals surface area contributed by atoms with E-state index < -0.39 is 0 Å². The fourth-order valence-corrected chi connectivity index (χ4v) is 2.46. The van der Waals surface area contributed by atoms with Crippen LogP contribution >= 0.6 is 11.6 Å². The second kappa shape index (κ2) is 8.83. The molecule has 2 aromatic carbocycles. The van der Waals surface area contributed by atoms with Crippen molar-refractivity contribution in [1.29, 1.82) is 0 Å². The molecule has 0 aliphatic carbocycles. The summed E-state index contributed by atoms with van der Waals surface area (Å²) in [7, 11) is 0. The summed E-state index contributed by atoms with van der Waals surface area (Å²) in [5, 5.41) is 7.82. The molecule has 0 saturated carbocycles. The fourth-order valence-electron chi connectivity index (χ4n) is 2.34. The Hall–Kier alpha value is -1.35. The average Bonchev–Trinajstić information content (AvgIpc) is 2.53. The van der Waals surface area contributed by atoms with E-state index in [1.807, 2.05) is 18.2 Å². The third-order valence-electron chi connectivity index (χ3n) is 3.41. The van der Waals surface area contributed by atoms with Crippen LogP contribution in [0.25, 0.3) is 0 Å². The third kappa shape index (κ3) is 5.16. The quantitative estimate of drug-likeness (QED) is 0.720. The van der Waals surface area contributed by atoms with Gasteiger partial charge in [0.2, 0.25) is 0 Å². The van der Waals surface area contributed by atoms with E-state index in [1.165, 1.54) is 17.5 Å². The lowest BCUT2D eigenvalue weighted by molar-refractivity contribution is 0.564. The molecule has 0 aromatic heterocycles. The molecule has 0 bridgehead atoms. The lowest BCUT2D eigenvalue weighted by Crippen LogP contribution is -2.31. The maximum atomic E-state index is 5.99. The molecule has 0 heterocycles. The Labute approximate surface area is 132 Å². The van der Waals surface area contributed by atoms with Gasteiger partial charge in [0.15, 0.2) is 0 Å². The van der Waals surface area contributed by atoms with E-state index in [2.05, 4.69) is 54.0 Å². The smallest absolute Gasteiger partial charge is 0.0577 e. The van der Waals surface area contributed by atoms with Crippen LogP contribution in [0.1, 0.15) is 30.5 Å². The van der Waals surface area contributed by atoms with E-state index in [-0.39, 0.29) is 6.04 Å². The highest BCUT2D eigenvalue weighted by molar-refractivity contribution is 6.30. The van der Waals surface area contributed by atoms with Crippen LogP contribution in [0, 0.1) is 0 Å². The third-order valence-corrected chi connectivity index (χ3v) is 3.67. The van der Waals surface area contributed by atoms with Gasteiger partial charge in [-0.25, -0.2) is 0 Å². The zero-order valence-corrected chi connectivity index (χ0v) is 13.2. The van der Waals surface area contributed by atoms with E-state index >= 15 is 0 Å². The number of halogens is 1. The molecule has 0 saturated heterocycles. The van der Waals surface area contributed by atoms with Crippen LogP contribution < -0.4 is 10.6 Å². The van der Waals surface area contributed by atoms with Gasteiger partial charge in [-0.1, -0.05) is 61.0 Å². The Kier molecular flexibility index (Phi) is 6.74. The maximum absolute atomic E-state index is 5.99. The van der Waals surface area contributed by atoms with Crippen molar-refractivity contribution in [3.63, 3.8) is 0 Å². The fraction of sp³-hybridized carbons (Fsp3) is 0.333. The molecule has 0 spiro atoms. The summed E-state index contributed by atoms with van der Waals surface area (Å²) in [6, 6.07) is 18.8. The molecule has 0 fully saturated rings. The second-order valence-corrected chi connectivity index (χ2v) is 5.54. The van der Waals surface area contributed by atoms with Gasteiger partial charge < -0.3 is 10.6 Å². The number of benzene rings is 2. The second-order valence-electron chi connectivity index (χ2n) is 5.10. The molecule has 0 unspecified atom stereocenters. The molecule has 2 nitrogen and oxygen atoms in total. The van der Waals surface area contributed by atoms with Gasteiger partial charge in [-0.2, -0.15) is 0 Å². The molecule has 21 heavy (non-hydrogen) atoms. The Morgan fingerprint density at radius 1 is 0.857 bits per heavy atom. The highest BCUT2D eigenvalue weighted by Crippen LogP contribution is 2.23. The normalized spacial score (nSPS) is 12.3. The van der Waals surface area contributed by atoms with Gasteiger partial charge in [-0.3, -0.25) is 0 Å². The minimum Gasteiger partial charge on any atom is -0.315 e. The Morgan fingerprint density at radius 2 is 1.52 bits per heavy atom. The first kappa shape index (κ1) is 16.0. The van der Waals surface area contributed by atoms with Gasteiger partial charge in [-0.05, 0) is 36.2 Å². The monoisotopic (exact) mass is 302 g/mol. The molecule has 0 aliphatic rings. The van der Waals surface area contributed by atoms with Crippen LogP contribution in [0.3, 0.4) is 0 Å². The van der Waals surface area contributed by atoms with Crippen molar-refractivity contribution in [1.82, 2.24) is 10.6 Å². The Morgan fingerprint density at radius 3 is 2.19 bits per heavy atom. The van der Waals surface area contributed by atoms with Gasteiger partial charge >= 0.3 is 0 Å². The minimum atomic E-state index is 0.201. The summed E-state index contributed by atoms with van der Waals surface area (Å²) in [6.07, 6.45) is 1.17. The Balaban J connectivity index is 2.06. The van der Waals surface area contributed by atoms with Crippen LogP contribution in [0.5, 0.6) is 0 Å². The minimum absolute atomic E-state index is 0.201. The topological polar surface area (TPSA) is 24.1 Å². The van der Waals surface area contributed by atoms with Crippen molar-refractivity contribution in [3.8, 4) is 0 Å². The molecular formula is C18H23ClN2. The molecule has 0 radical (unpaired) electrons. The van der Waals surface area contributed by atoms with Crippen molar-refractivity contribution >= 4 is 11.6 Å². The van der Waals surface area contributed by atoms with E-state index in [1.54, 1.807) is 0 Å². The number of hydrogen-bond donors (Lipinski definition) is 2. The summed E-state index contributed by atoms with van der Waals surface area (Å²) in [6.45, 7) is 5.16. The largest absolute Gasteiger partial charge is 0.315 e. The highest BCUT2D eigenvalue weighted by Gasteiger charge is 2.12. The van der Waals surface area contributed by atoms with E-state index in [4.69, 9.17) is 11.6 Å². The number of rotatable bonds is 8. The van der Waals surface area contributed by atoms with Crippen LogP contribution in [-0.4, -0.2) is 19.6 Å². The summed E-state index contributed by atoms with van der Waals surface area (Å²) >= 11 is 5.99. The van der Waals surface area contributed by atoms with Crippen LogP contribution in [-0.2, 0) is 0 Å². The first-order chi connectivity index (χ1) is 10.3. The Bertz CT molecular complexity index is 511. The van der Waals surface area contributed by atoms with Crippen molar-refractivity contribution in [2.45, 2.75) is 19.4 Å². The predicted octanol–water partition coefficient (Wildman–Crippen LogP) is 4.02. The van der Waals surface area contributed by atoms with Crippen molar-refractivity contribution in [2.75, 3.05) is 19.6 Å². The lowest BCUT2D eigenvalue weighted by atomic mass is 9.99. The van der Waals surface area contributed by atoms with Crippen molar-refractivity contribution in [3.05, 3.63) is 70.7 Å². The van der Waals surface area contributed by atoms with E-state index in [0.29, 0.717) is 0 Å². The summed E-state index contributed by atoms with van der Waals surface area (Å²) in [4.78, 5) is 0. The first-order valence-electron chi connectivity index (χ1n) is 7.55. The van der Waals surface area contributed by atoms with E-state index in [0.717, 1.165) is 24.7 Å². The van der Waals surface area contributed by atoms with Crippen LogP contribution in [0.2, 0.25) is 5.02 Å². The van der Waals surface area contributed by atoms with Crippen LogP contribution in [0.4, 0.5) is 0 Å². The SMILES string of the molecule is CCCNCCN[C@H](c1ccccc1)c1ccc(Cl)cc1. The van der Waals surface area contributed by atoms with Gasteiger partial charge in [0.25, 0.3) is 0 Å².